The highest BCUT2D eigenvalue weighted by Crippen LogP contribution is 2.32. The number of carboxylic acid groups (broad SMARTS) is 1. The molecule has 0 atom stereocenters. The molecule has 0 spiro atoms. The van der Waals surface area contributed by atoms with Gasteiger partial charge in [0.25, 0.3) is 0 Å². The fourth-order valence-electron chi connectivity index (χ4n) is 3.17. The summed E-state index contributed by atoms with van der Waals surface area (Å²) in [6.45, 7) is 1.71. The number of aliphatic carboxylic acids is 1. The molecule has 1 N–H and O–H groups in total. The van der Waals surface area contributed by atoms with Crippen molar-refractivity contribution in [3.8, 4) is 0 Å². The van der Waals surface area contributed by atoms with Crippen molar-refractivity contribution in [2.45, 2.75) is 32.6 Å². The van der Waals surface area contributed by atoms with E-state index in [1.54, 1.807) is 25.1 Å². The standard InChI is InChI=1S/C20H18O4/c1-12-17(10-13-6-8-14(9-7-13)11-18(21)22)20(24)16-5-3-2-4-15(16)19(12)23/h2,4,6-9H,3,5,10-11H2,1H3,(H,21,22). The zero-order valence-electron chi connectivity index (χ0n) is 13.5. The SMILES string of the molecule is CC1=C(Cc2ccc(CC(=O)O)cc2)C(=O)C2=C(C=CCC2)C1=O. The van der Waals surface area contributed by atoms with Gasteiger partial charge in [-0.15, -0.1) is 0 Å². The van der Waals surface area contributed by atoms with Gasteiger partial charge < -0.3 is 5.11 Å². The molecule has 0 fully saturated rings. The first-order chi connectivity index (χ1) is 11.5. The molecule has 0 radical (unpaired) electrons. The molecular formula is C20H18O4. The van der Waals surface area contributed by atoms with Crippen LogP contribution in [-0.2, 0) is 27.2 Å². The predicted octanol–water partition coefficient (Wildman–Crippen LogP) is 2.97. The molecule has 0 bridgehead atoms. The zero-order chi connectivity index (χ0) is 17.3. The van der Waals surface area contributed by atoms with Gasteiger partial charge in [-0.1, -0.05) is 36.4 Å². The highest BCUT2D eigenvalue weighted by Gasteiger charge is 2.31. The maximum atomic E-state index is 12.8. The minimum Gasteiger partial charge on any atom is -0.481 e. The van der Waals surface area contributed by atoms with Crippen LogP contribution in [0.1, 0.15) is 30.9 Å². The predicted molar refractivity (Wildman–Crippen MR) is 89.6 cm³/mol. The lowest BCUT2D eigenvalue weighted by molar-refractivity contribution is -0.136. The minimum absolute atomic E-state index is 0.0258. The van der Waals surface area contributed by atoms with Crippen LogP contribution in [0, 0.1) is 0 Å². The largest absolute Gasteiger partial charge is 0.481 e. The number of carbonyl (C=O) groups is 3. The highest BCUT2D eigenvalue weighted by molar-refractivity contribution is 6.26. The summed E-state index contributed by atoms with van der Waals surface area (Å²) in [7, 11) is 0. The van der Waals surface area contributed by atoms with Gasteiger partial charge in [-0.3, -0.25) is 14.4 Å². The van der Waals surface area contributed by atoms with E-state index < -0.39 is 5.97 Å². The van der Waals surface area contributed by atoms with Crippen LogP contribution in [-0.4, -0.2) is 22.6 Å². The summed E-state index contributed by atoms with van der Waals surface area (Å²) in [6, 6.07) is 7.15. The Balaban J connectivity index is 1.85. The molecule has 24 heavy (non-hydrogen) atoms. The van der Waals surface area contributed by atoms with Crippen molar-refractivity contribution >= 4 is 17.5 Å². The first kappa shape index (κ1) is 16.1. The van der Waals surface area contributed by atoms with E-state index in [1.807, 2.05) is 18.2 Å². The van der Waals surface area contributed by atoms with Crippen molar-refractivity contribution in [3.05, 3.63) is 69.8 Å². The van der Waals surface area contributed by atoms with Crippen molar-refractivity contribution < 1.29 is 19.5 Å². The fraction of sp³-hybridized carbons (Fsp3) is 0.250. The smallest absolute Gasteiger partial charge is 0.307 e. The number of allylic oxidation sites excluding steroid dienone is 6. The first-order valence-electron chi connectivity index (χ1n) is 7.96. The number of hydrogen-bond donors (Lipinski definition) is 1. The third-order valence-corrected chi connectivity index (χ3v) is 4.52. The van der Waals surface area contributed by atoms with Gasteiger partial charge in [-0.2, -0.15) is 0 Å². The normalized spacial score (nSPS) is 17.4. The van der Waals surface area contributed by atoms with Crippen molar-refractivity contribution in [2.24, 2.45) is 0 Å². The van der Waals surface area contributed by atoms with Crippen LogP contribution in [0.3, 0.4) is 0 Å². The maximum absolute atomic E-state index is 12.8. The number of rotatable bonds is 4. The molecule has 0 heterocycles. The Hall–Kier alpha value is -2.75. The fourth-order valence-corrected chi connectivity index (χ4v) is 3.17. The van der Waals surface area contributed by atoms with E-state index in [0.29, 0.717) is 40.7 Å². The molecule has 0 unspecified atom stereocenters. The second-order valence-electron chi connectivity index (χ2n) is 6.16. The Bertz CT molecular complexity index is 820. The molecule has 3 rings (SSSR count). The lowest BCUT2D eigenvalue weighted by Crippen LogP contribution is -2.24. The molecule has 1 aromatic rings. The summed E-state index contributed by atoms with van der Waals surface area (Å²) in [4.78, 5) is 36.0. The second-order valence-corrected chi connectivity index (χ2v) is 6.16. The van der Waals surface area contributed by atoms with Gasteiger partial charge in [0.15, 0.2) is 11.6 Å². The van der Waals surface area contributed by atoms with E-state index in [0.717, 1.165) is 12.0 Å². The summed E-state index contributed by atoms with van der Waals surface area (Å²) in [5.74, 6) is -0.960. The molecule has 1 aromatic carbocycles. The lowest BCUT2D eigenvalue weighted by Gasteiger charge is -2.23. The number of hydrogen-bond acceptors (Lipinski definition) is 3. The Morgan fingerprint density at radius 2 is 1.75 bits per heavy atom. The van der Waals surface area contributed by atoms with Gasteiger partial charge in [0, 0.05) is 28.7 Å². The molecular weight excluding hydrogens is 304 g/mol. The Morgan fingerprint density at radius 3 is 2.42 bits per heavy atom. The number of Topliss-reactive ketones (excluding diaryl/α,β-unsaturated/α-hetero) is 2. The summed E-state index contributed by atoms with van der Waals surface area (Å²) in [5.41, 5.74) is 3.86. The minimum atomic E-state index is -0.876. The summed E-state index contributed by atoms with van der Waals surface area (Å²) in [6.07, 6.45) is 5.47. The van der Waals surface area contributed by atoms with Crippen molar-refractivity contribution in [1.29, 1.82) is 0 Å². The molecule has 0 saturated heterocycles. The maximum Gasteiger partial charge on any atom is 0.307 e. The highest BCUT2D eigenvalue weighted by atomic mass is 16.4. The first-order valence-corrected chi connectivity index (χ1v) is 7.96. The van der Waals surface area contributed by atoms with Crippen LogP contribution in [0.15, 0.2) is 58.7 Å². The van der Waals surface area contributed by atoms with Gasteiger partial charge in [0.05, 0.1) is 6.42 Å². The average molecular weight is 322 g/mol. The second kappa shape index (κ2) is 6.40. The Labute approximate surface area is 140 Å². The van der Waals surface area contributed by atoms with Crippen molar-refractivity contribution in [3.63, 3.8) is 0 Å². The van der Waals surface area contributed by atoms with Crippen LogP contribution in [0.5, 0.6) is 0 Å². The van der Waals surface area contributed by atoms with Gasteiger partial charge in [-0.05, 0) is 30.9 Å². The van der Waals surface area contributed by atoms with Crippen LogP contribution in [0.2, 0.25) is 0 Å². The molecule has 0 aliphatic heterocycles. The van der Waals surface area contributed by atoms with E-state index in [1.165, 1.54) is 0 Å². The molecule has 0 amide bonds. The molecule has 4 heteroatoms. The molecule has 4 nitrogen and oxygen atoms in total. The quantitative estimate of drug-likeness (QED) is 0.865. The van der Waals surface area contributed by atoms with Crippen LogP contribution < -0.4 is 0 Å². The number of benzene rings is 1. The molecule has 122 valence electrons. The Kier molecular flexibility index (Phi) is 4.30. The van der Waals surface area contributed by atoms with E-state index in [2.05, 4.69) is 0 Å². The zero-order valence-corrected chi connectivity index (χ0v) is 13.5. The van der Waals surface area contributed by atoms with E-state index >= 15 is 0 Å². The van der Waals surface area contributed by atoms with Crippen LogP contribution >= 0.6 is 0 Å². The van der Waals surface area contributed by atoms with E-state index in [4.69, 9.17) is 5.11 Å². The monoisotopic (exact) mass is 322 g/mol. The van der Waals surface area contributed by atoms with Gasteiger partial charge >= 0.3 is 5.97 Å². The summed E-state index contributed by atoms with van der Waals surface area (Å²) >= 11 is 0. The number of ketones is 2. The molecule has 0 aromatic heterocycles. The molecule has 2 aliphatic rings. The van der Waals surface area contributed by atoms with Crippen LogP contribution in [0.4, 0.5) is 0 Å². The average Bonchev–Trinajstić information content (AvgIpc) is 2.58. The van der Waals surface area contributed by atoms with Gasteiger partial charge in [0.2, 0.25) is 0 Å². The molecule has 2 aliphatic carbocycles. The third-order valence-electron chi connectivity index (χ3n) is 4.52. The number of carbonyl (C=O) groups excluding carboxylic acids is 2. The van der Waals surface area contributed by atoms with Crippen molar-refractivity contribution in [2.75, 3.05) is 0 Å². The van der Waals surface area contributed by atoms with Crippen molar-refractivity contribution in [1.82, 2.24) is 0 Å². The topological polar surface area (TPSA) is 71.4 Å². The van der Waals surface area contributed by atoms with Gasteiger partial charge in [0.1, 0.15) is 0 Å². The van der Waals surface area contributed by atoms with E-state index in [-0.39, 0.29) is 18.0 Å². The van der Waals surface area contributed by atoms with Crippen LogP contribution in [0.25, 0.3) is 0 Å². The lowest BCUT2D eigenvalue weighted by atomic mass is 9.79. The Morgan fingerprint density at radius 1 is 1.08 bits per heavy atom. The summed E-state index contributed by atoms with van der Waals surface area (Å²) < 4.78 is 0. The van der Waals surface area contributed by atoms with Gasteiger partial charge in [-0.25, -0.2) is 0 Å². The van der Waals surface area contributed by atoms with E-state index in [9.17, 15) is 14.4 Å². The summed E-state index contributed by atoms with van der Waals surface area (Å²) in [5, 5.41) is 8.81. The third kappa shape index (κ3) is 3.00. The molecule has 0 saturated carbocycles. The number of carboxylic acids is 1.